The number of aromatic hydroxyl groups is 1. The van der Waals surface area contributed by atoms with E-state index in [-0.39, 0.29) is 5.75 Å². The summed E-state index contributed by atoms with van der Waals surface area (Å²) in [6.45, 7) is 0. The van der Waals surface area contributed by atoms with Crippen LogP contribution in [0.15, 0.2) is 60.8 Å². The Labute approximate surface area is 132 Å². The third-order valence-electron chi connectivity index (χ3n) is 3.22. The molecule has 2 aromatic carbocycles. The minimum atomic E-state index is -0.467. The quantitative estimate of drug-likeness (QED) is 0.688. The second-order valence-corrected chi connectivity index (χ2v) is 4.88. The number of rotatable bonds is 4. The SMILES string of the molecule is NC(=O)c1ccc(-c2ccnc(Nc3cccc(O)c3)n2)cc1. The number of phenolic OH excluding ortho intramolecular Hbond substituents is 1. The number of nitrogens with two attached hydrogens (primary N) is 1. The number of hydrogen-bond acceptors (Lipinski definition) is 5. The van der Waals surface area contributed by atoms with Gasteiger partial charge in [-0.2, -0.15) is 0 Å². The second-order valence-electron chi connectivity index (χ2n) is 4.88. The molecule has 6 heteroatoms. The number of phenols is 1. The van der Waals surface area contributed by atoms with Crippen molar-refractivity contribution in [1.82, 2.24) is 9.97 Å². The Balaban J connectivity index is 1.86. The van der Waals surface area contributed by atoms with Crippen molar-refractivity contribution in [2.75, 3.05) is 5.32 Å². The van der Waals surface area contributed by atoms with E-state index in [1.165, 1.54) is 0 Å². The highest BCUT2D eigenvalue weighted by Gasteiger charge is 2.05. The first-order chi connectivity index (χ1) is 11.1. The number of carbonyl (C=O) groups is 1. The van der Waals surface area contributed by atoms with Crippen molar-refractivity contribution in [2.45, 2.75) is 0 Å². The van der Waals surface area contributed by atoms with Crippen molar-refractivity contribution < 1.29 is 9.90 Å². The van der Waals surface area contributed by atoms with Crippen molar-refractivity contribution in [3.8, 4) is 17.0 Å². The number of aromatic nitrogens is 2. The third kappa shape index (κ3) is 3.44. The molecule has 23 heavy (non-hydrogen) atoms. The topological polar surface area (TPSA) is 101 Å². The Morgan fingerprint density at radius 3 is 2.57 bits per heavy atom. The molecule has 3 rings (SSSR count). The van der Waals surface area contributed by atoms with Crippen LogP contribution in [0.1, 0.15) is 10.4 Å². The molecule has 0 aliphatic rings. The molecule has 0 aliphatic heterocycles. The van der Waals surface area contributed by atoms with E-state index >= 15 is 0 Å². The van der Waals surface area contributed by atoms with Crippen LogP contribution in [0.5, 0.6) is 5.75 Å². The Hall–Kier alpha value is -3.41. The molecule has 0 atom stereocenters. The van der Waals surface area contributed by atoms with Crippen molar-refractivity contribution in [3.63, 3.8) is 0 Å². The van der Waals surface area contributed by atoms with Gasteiger partial charge in [0.15, 0.2) is 0 Å². The van der Waals surface area contributed by atoms with E-state index in [4.69, 9.17) is 5.73 Å². The summed E-state index contributed by atoms with van der Waals surface area (Å²) in [5.74, 6) is 0.103. The van der Waals surface area contributed by atoms with Gasteiger partial charge < -0.3 is 16.2 Å². The lowest BCUT2D eigenvalue weighted by atomic mass is 10.1. The maximum Gasteiger partial charge on any atom is 0.248 e. The molecule has 0 saturated carbocycles. The molecule has 0 aliphatic carbocycles. The molecule has 0 fully saturated rings. The molecule has 0 unspecified atom stereocenters. The van der Waals surface area contributed by atoms with E-state index in [0.29, 0.717) is 22.9 Å². The maximum absolute atomic E-state index is 11.1. The molecule has 1 aromatic heterocycles. The average Bonchev–Trinajstić information content (AvgIpc) is 2.55. The number of hydrogen-bond donors (Lipinski definition) is 3. The second kappa shape index (κ2) is 6.15. The van der Waals surface area contributed by atoms with Crippen LogP contribution >= 0.6 is 0 Å². The fraction of sp³-hybridized carbons (Fsp3) is 0. The number of amides is 1. The summed E-state index contributed by atoms with van der Waals surface area (Å²) in [5, 5.41) is 12.5. The van der Waals surface area contributed by atoms with Crippen LogP contribution in [0, 0.1) is 0 Å². The van der Waals surface area contributed by atoms with E-state index in [1.54, 1.807) is 60.8 Å². The number of anilines is 2. The Bertz CT molecular complexity index is 847. The number of nitrogens with zero attached hydrogens (tertiary/aromatic N) is 2. The zero-order chi connectivity index (χ0) is 16.2. The van der Waals surface area contributed by atoms with E-state index < -0.39 is 5.91 Å². The van der Waals surface area contributed by atoms with E-state index in [1.807, 2.05) is 0 Å². The molecular formula is C17H14N4O2. The zero-order valence-corrected chi connectivity index (χ0v) is 12.1. The minimum Gasteiger partial charge on any atom is -0.508 e. The van der Waals surface area contributed by atoms with Crippen LogP contribution < -0.4 is 11.1 Å². The fourth-order valence-corrected chi connectivity index (χ4v) is 2.10. The first kappa shape index (κ1) is 14.5. The minimum absolute atomic E-state index is 0.160. The standard InChI is InChI=1S/C17H14N4O2/c18-16(23)12-6-4-11(5-7-12)15-8-9-19-17(21-15)20-13-2-1-3-14(22)10-13/h1-10,22H,(H2,18,23)(H,19,20,21). The number of benzene rings is 2. The van der Waals surface area contributed by atoms with E-state index in [0.717, 1.165) is 5.56 Å². The molecule has 0 radical (unpaired) electrons. The molecule has 0 spiro atoms. The van der Waals surface area contributed by atoms with Gasteiger partial charge in [0.05, 0.1) is 5.69 Å². The molecule has 3 aromatic rings. The molecular weight excluding hydrogens is 292 g/mol. The highest BCUT2D eigenvalue weighted by atomic mass is 16.3. The molecule has 4 N–H and O–H groups in total. The molecule has 0 bridgehead atoms. The van der Waals surface area contributed by atoms with E-state index in [9.17, 15) is 9.90 Å². The largest absolute Gasteiger partial charge is 0.508 e. The van der Waals surface area contributed by atoms with Crippen LogP contribution in [0.2, 0.25) is 0 Å². The maximum atomic E-state index is 11.1. The Kier molecular flexibility index (Phi) is 3.88. The smallest absolute Gasteiger partial charge is 0.248 e. The first-order valence-corrected chi connectivity index (χ1v) is 6.91. The zero-order valence-electron chi connectivity index (χ0n) is 12.1. The summed E-state index contributed by atoms with van der Waals surface area (Å²) in [4.78, 5) is 19.7. The van der Waals surface area contributed by atoms with Crippen LogP contribution in [0.3, 0.4) is 0 Å². The summed E-state index contributed by atoms with van der Waals surface area (Å²) in [5.41, 5.74) is 7.91. The number of primary amides is 1. The average molecular weight is 306 g/mol. The van der Waals surface area contributed by atoms with Crippen LogP contribution in [-0.2, 0) is 0 Å². The Morgan fingerprint density at radius 1 is 1.09 bits per heavy atom. The summed E-state index contributed by atoms with van der Waals surface area (Å²) in [6, 6.07) is 15.3. The summed E-state index contributed by atoms with van der Waals surface area (Å²) < 4.78 is 0. The van der Waals surface area contributed by atoms with Crippen LogP contribution in [0.25, 0.3) is 11.3 Å². The van der Waals surface area contributed by atoms with Crippen molar-refractivity contribution in [1.29, 1.82) is 0 Å². The summed E-state index contributed by atoms with van der Waals surface area (Å²) >= 11 is 0. The van der Waals surface area contributed by atoms with Gasteiger partial charge in [0.25, 0.3) is 0 Å². The van der Waals surface area contributed by atoms with Gasteiger partial charge in [-0.1, -0.05) is 18.2 Å². The van der Waals surface area contributed by atoms with Crippen molar-refractivity contribution in [3.05, 3.63) is 66.4 Å². The third-order valence-corrected chi connectivity index (χ3v) is 3.22. The van der Waals surface area contributed by atoms with Crippen molar-refractivity contribution >= 4 is 17.5 Å². The van der Waals surface area contributed by atoms with Gasteiger partial charge in [-0.05, 0) is 30.3 Å². The molecule has 1 heterocycles. The first-order valence-electron chi connectivity index (χ1n) is 6.91. The van der Waals surface area contributed by atoms with Gasteiger partial charge in [0.1, 0.15) is 5.75 Å². The molecule has 0 saturated heterocycles. The Morgan fingerprint density at radius 2 is 1.87 bits per heavy atom. The van der Waals surface area contributed by atoms with Crippen LogP contribution in [-0.4, -0.2) is 21.0 Å². The van der Waals surface area contributed by atoms with Gasteiger partial charge >= 0.3 is 0 Å². The van der Waals surface area contributed by atoms with Gasteiger partial charge in [-0.25, -0.2) is 9.97 Å². The lowest BCUT2D eigenvalue weighted by Gasteiger charge is -2.07. The highest BCUT2D eigenvalue weighted by molar-refractivity contribution is 5.93. The van der Waals surface area contributed by atoms with Crippen LogP contribution in [0.4, 0.5) is 11.6 Å². The van der Waals surface area contributed by atoms with Gasteiger partial charge in [0, 0.05) is 29.1 Å². The highest BCUT2D eigenvalue weighted by Crippen LogP contribution is 2.21. The fourth-order valence-electron chi connectivity index (χ4n) is 2.10. The van der Waals surface area contributed by atoms with E-state index in [2.05, 4.69) is 15.3 Å². The lowest BCUT2D eigenvalue weighted by molar-refractivity contribution is 0.100. The molecule has 1 amide bonds. The predicted molar refractivity (Wildman–Crippen MR) is 87.4 cm³/mol. The normalized spacial score (nSPS) is 10.3. The number of carbonyl (C=O) groups excluding carboxylic acids is 1. The molecule has 6 nitrogen and oxygen atoms in total. The summed E-state index contributed by atoms with van der Waals surface area (Å²) in [6.07, 6.45) is 1.63. The molecule has 114 valence electrons. The van der Waals surface area contributed by atoms with Gasteiger partial charge in [0.2, 0.25) is 11.9 Å². The number of nitrogens with one attached hydrogen (secondary N) is 1. The lowest BCUT2D eigenvalue weighted by Crippen LogP contribution is -2.10. The monoisotopic (exact) mass is 306 g/mol. The van der Waals surface area contributed by atoms with Gasteiger partial charge in [-0.3, -0.25) is 4.79 Å². The predicted octanol–water partition coefficient (Wildman–Crippen LogP) is 2.69. The summed E-state index contributed by atoms with van der Waals surface area (Å²) in [7, 11) is 0. The van der Waals surface area contributed by atoms with Crippen molar-refractivity contribution in [2.24, 2.45) is 5.73 Å². The van der Waals surface area contributed by atoms with Gasteiger partial charge in [-0.15, -0.1) is 0 Å².